The van der Waals surface area contributed by atoms with Crippen molar-refractivity contribution in [2.75, 3.05) is 18.1 Å². The molecule has 0 spiro atoms. The molecule has 0 bridgehead atoms. The fourth-order valence-electron chi connectivity index (χ4n) is 3.78. The van der Waals surface area contributed by atoms with E-state index in [1.165, 1.54) is 0 Å². The summed E-state index contributed by atoms with van der Waals surface area (Å²) >= 11 is 0. The molecule has 0 saturated carbocycles. The van der Waals surface area contributed by atoms with E-state index in [0.717, 1.165) is 17.8 Å². The molecule has 3 rings (SSSR count). The number of anilines is 1. The van der Waals surface area contributed by atoms with Crippen LogP contribution in [0, 0.1) is 24.2 Å². The second-order valence-corrected chi connectivity index (χ2v) is 7.29. The van der Waals surface area contributed by atoms with Gasteiger partial charge in [-0.1, -0.05) is 51.0 Å². The maximum atomic E-state index is 13.1. The Kier molecular flexibility index (Phi) is 5.15. The highest BCUT2D eigenvalue weighted by Gasteiger charge is 2.49. The van der Waals surface area contributed by atoms with Crippen molar-refractivity contribution >= 4 is 11.7 Å². The maximum absolute atomic E-state index is 13.1. The van der Waals surface area contributed by atoms with E-state index in [1.54, 1.807) is 0 Å². The largest absolute Gasteiger partial charge is 0.364 e. The van der Waals surface area contributed by atoms with Crippen LogP contribution in [0.25, 0.3) is 0 Å². The number of nitrogens with zero attached hydrogens (tertiary/aromatic N) is 2. The van der Waals surface area contributed by atoms with Crippen molar-refractivity contribution in [3.8, 4) is 12.3 Å². The molecule has 2 aliphatic rings. The first-order valence-electron chi connectivity index (χ1n) is 8.91. The minimum absolute atomic E-state index is 0.108. The van der Waals surface area contributed by atoms with E-state index >= 15 is 0 Å². The number of carbonyl (C=O) groups excluding carboxylic acids is 1. The molecular formula is C21H26N2O2. The Hall–Kier alpha value is -2.25. The minimum Gasteiger partial charge on any atom is -0.364 e. The van der Waals surface area contributed by atoms with Gasteiger partial charge in [-0.25, -0.2) is 4.79 Å². The number of carbonyl (C=O) groups is 1. The van der Waals surface area contributed by atoms with Gasteiger partial charge in [0.2, 0.25) is 0 Å². The zero-order valence-electron chi connectivity index (χ0n) is 15.2. The van der Waals surface area contributed by atoms with Gasteiger partial charge in [-0.15, -0.1) is 6.42 Å². The van der Waals surface area contributed by atoms with Gasteiger partial charge < -0.3 is 9.64 Å². The number of urea groups is 1. The normalized spacial score (nSPS) is 24.9. The molecule has 1 saturated heterocycles. The van der Waals surface area contributed by atoms with Crippen molar-refractivity contribution < 1.29 is 9.53 Å². The molecule has 0 N–H and O–H groups in total. The number of hydrogen-bond donors (Lipinski definition) is 0. The van der Waals surface area contributed by atoms with Gasteiger partial charge in [0, 0.05) is 12.2 Å². The van der Waals surface area contributed by atoms with Crippen LogP contribution in [0.1, 0.15) is 26.3 Å². The smallest absolute Gasteiger partial charge is 0.325 e. The van der Waals surface area contributed by atoms with Gasteiger partial charge in [0.05, 0.1) is 18.7 Å². The summed E-state index contributed by atoms with van der Waals surface area (Å²) in [5.74, 6) is 3.30. The number of fused-ring (bicyclic) bond motifs is 1. The molecule has 132 valence electrons. The Labute approximate surface area is 150 Å². The summed E-state index contributed by atoms with van der Waals surface area (Å²) in [6.45, 7) is 8.09. The number of benzene rings is 1. The Morgan fingerprint density at radius 3 is 2.60 bits per heavy atom. The van der Waals surface area contributed by atoms with E-state index in [9.17, 15) is 4.79 Å². The van der Waals surface area contributed by atoms with Gasteiger partial charge in [0.25, 0.3) is 0 Å². The molecule has 0 aromatic heterocycles. The number of ether oxygens (including phenoxy) is 1. The van der Waals surface area contributed by atoms with Crippen molar-refractivity contribution in [2.45, 2.75) is 39.5 Å². The van der Waals surface area contributed by atoms with Crippen LogP contribution in [-0.2, 0) is 11.3 Å². The molecule has 0 unspecified atom stereocenters. The summed E-state index contributed by atoms with van der Waals surface area (Å²) in [6, 6.07) is 8.45. The molecule has 0 radical (unpaired) electrons. The highest BCUT2D eigenvalue weighted by atomic mass is 16.5. The lowest BCUT2D eigenvalue weighted by Crippen LogP contribution is -2.40. The summed E-state index contributed by atoms with van der Waals surface area (Å²) in [6.07, 6.45) is 9.60. The zero-order valence-corrected chi connectivity index (χ0v) is 15.2. The van der Waals surface area contributed by atoms with E-state index in [2.05, 4.69) is 38.8 Å². The molecule has 2 amide bonds. The first kappa shape index (κ1) is 17.6. The van der Waals surface area contributed by atoms with Crippen LogP contribution in [0.2, 0.25) is 0 Å². The van der Waals surface area contributed by atoms with Crippen LogP contribution in [0.3, 0.4) is 0 Å². The van der Waals surface area contributed by atoms with E-state index in [-0.39, 0.29) is 18.1 Å². The quantitative estimate of drug-likeness (QED) is 0.450. The predicted molar refractivity (Wildman–Crippen MR) is 100 cm³/mol. The fraction of sp³-hybridized carbons (Fsp3) is 0.476. The highest BCUT2D eigenvalue weighted by molar-refractivity contribution is 5.96. The lowest BCUT2D eigenvalue weighted by molar-refractivity contribution is 0.153. The molecule has 4 nitrogen and oxygen atoms in total. The summed E-state index contributed by atoms with van der Waals surface area (Å²) in [7, 11) is 0. The third-order valence-electron chi connectivity index (χ3n) is 4.84. The van der Waals surface area contributed by atoms with Crippen LogP contribution < -0.4 is 4.90 Å². The van der Waals surface area contributed by atoms with Gasteiger partial charge in [-0.2, -0.15) is 0 Å². The molecule has 1 fully saturated rings. The predicted octanol–water partition coefficient (Wildman–Crippen LogP) is 3.68. The van der Waals surface area contributed by atoms with Crippen LogP contribution in [0.15, 0.2) is 36.4 Å². The van der Waals surface area contributed by atoms with Crippen LogP contribution >= 0.6 is 0 Å². The van der Waals surface area contributed by atoms with Gasteiger partial charge in [0.1, 0.15) is 6.61 Å². The first-order valence-corrected chi connectivity index (χ1v) is 8.91. The third kappa shape index (κ3) is 3.43. The van der Waals surface area contributed by atoms with Crippen molar-refractivity contribution in [2.24, 2.45) is 11.8 Å². The molecule has 25 heavy (non-hydrogen) atoms. The SMILES string of the molecule is C#CCOCc1ccc(N2C(=O)N(CC(C)C)[C@H]3[C@H](C)C=C[C@H]32)cc1. The number of terminal acetylenes is 1. The molecule has 4 heteroatoms. The van der Waals surface area contributed by atoms with E-state index < -0.39 is 0 Å². The highest BCUT2D eigenvalue weighted by Crippen LogP contribution is 2.38. The van der Waals surface area contributed by atoms with Gasteiger partial charge >= 0.3 is 6.03 Å². The second kappa shape index (κ2) is 7.33. The van der Waals surface area contributed by atoms with Crippen molar-refractivity contribution in [1.29, 1.82) is 0 Å². The lowest BCUT2D eigenvalue weighted by Gasteiger charge is -2.27. The van der Waals surface area contributed by atoms with Gasteiger partial charge in [-0.3, -0.25) is 4.90 Å². The van der Waals surface area contributed by atoms with Crippen LogP contribution in [0.5, 0.6) is 0 Å². The van der Waals surface area contributed by atoms with Crippen molar-refractivity contribution in [3.63, 3.8) is 0 Å². The molecule has 1 aliphatic heterocycles. The zero-order chi connectivity index (χ0) is 18.0. The minimum atomic E-state index is 0.108. The average molecular weight is 338 g/mol. The number of amides is 2. The fourth-order valence-corrected chi connectivity index (χ4v) is 3.78. The monoisotopic (exact) mass is 338 g/mol. The lowest BCUT2D eigenvalue weighted by atomic mass is 10.0. The molecular weight excluding hydrogens is 312 g/mol. The summed E-state index contributed by atoms with van der Waals surface area (Å²) < 4.78 is 5.36. The van der Waals surface area contributed by atoms with Crippen molar-refractivity contribution in [3.05, 3.63) is 42.0 Å². The van der Waals surface area contributed by atoms with E-state index in [1.807, 2.05) is 34.1 Å². The van der Waals surface area contributed by atoms with Crippen LogP contribution in [-0.4, -0.2) is 36.2 Å². The average Bonchev–Trinajstić information content (AvgIpc) is 3.07. The number of rotatable bonds is 6. The molecule has 3 atom stereocenters. The Morgan fingerprint density at radius 2 is 1.96 bits per heavy atom. The summed E-state index contributed by atoms with van der Waals surface area (Å²) in [4.78, 5) is 17.0. The van der Waals surface area contributed by atoms with Gasteiger partial charge in [0.15, 0.2) is 0 Å². The maximum Gasteiger partial charge on any atom is 0.325 e. The second-order valence-electron chi connectivity index (χ2n) is 7.29. The van der Waals surface area contributed by atoms with Crippen molar-refractivity contribution in [1.82, 2.24) is 4.90 Å². The van der Waals surface area contributed by atoms with Gasteiger partial charge in [-0.05, 0) is 29.5 Å². The molecule has 1 aromatic carbocycles. The number of hydrogen-bond acceptors (Lipinski definition) is 2. The Bertz CT molecular complexity index is 687. The summed E-state index contributed by atoms with van der Waals surface area (Å²) in [5.41, 5.74) is 1.99. The van der Waals surface area contributed by atoms with E-state index in [0.29, 0.717) is 25.0 Å². The topological polar surface area (TPSA) is 32.8 Å². The molecule has 1 aliphatic carbocycles. The standard InChI is InChI=1S/C21H26N2O2/c1-5-12-25-14-17-7-9-18(10-8-17)23-19-11-6-16(4)20(19)22(21(23)24)13-15(2)3/h1,6-11,15-16,19-20H,12-14H2,2-4H3/t16-,19-,20+/m1/s1. The summed E-state index contributed by atoms with van der Waals surface area (Å²) in [5, 5.41) is 0. The van der Waals surface area contributed by atoms with E-state index in [4.69, 9.17) is 11.2 Å². The Balaban J connectivity index is 1.80. The van der Waals surface area contributed by atoms with Crippen LogP contribution in [0.4, 0.5) is 10.5 Å². The molecule has 1 aromatic rings. The molecule has 1 heterocycles. The third-order valence-corrected chi connectivity index (χ3v) is 4.84. The first-order chi connectivity index (χ1) is 12.0. The Morgan fingerprint density at radius 1 is 1.24 bits per heavy atom.